The minimum absolute atomic E-state index is 0.0639. The average molecular weight is 431 g/mol. The molecule has 0 amide bonds. The predicted molar refractivity (Wildman–Crippen MR) is 117 cm³/mol. The van der Waals surface area contributed by atoms with Gasteiger partial charge in [0.1, 0.15) is 4.32 Å². The van der Waals surface area contributed by atoms with Crippen LogP contribution in [0.2, 0.25) is 0 Å². The van der Waals surface area contributed by atoms with Crippen LogP contribution >= 0.6 is 15.9 Å². The van der Waals surface area contributed by atoms with Crippen molar-refractivity contribution in [1.82, 2.24) is 0 Å². The SMILES string of the molecule is CCCCCCCCCCCCCCCCCCC(Br)(C(C)=O)C(C)=O. The minimum atomic E-state index is -0.928. The van der Waals surface area contributed by atoms with Crippen LogP contribution in [0.4, 0.5) is 0 Å². The van der Waals surface area contributed by atoms with Gasteiger partial charge in [0, 0.05) is 0 Å². The molecule has 0 aliphatic carbocycles. The molecule has 0 rings (SSSR count). The number of alkyl halides is 1. The van der Waals surface area contributed by atoms with Crippen LogP contribution in [0.15, 0.2) is 0 Å². The molecule has 0 saturated carbocycles. The fraction of sp³-hybridized carbons (Fsp3) is 0.913. The molecule has 3 heteroatoms. The molecule has 0 fully saturated rings. The molecule has 0 spiro atoms. The second kappa shape index (κ2) is 17.0. The molecule has 0 atom stereocenters. The number of unbranched alkanes of at least 4 members (excludes halogenated alkanes) is 15. The molecule has 0 bridgehead atoms. The Kier molecular flexibility index (Phi) is 16.8. The number of hydrogen-bond donors (Lipinski definition) is 0. The molecule has 0 N–H and O–H groups in total. The van der Waals surface area contributed by atoms with Crippen LogP contribution in [-0.2, 0) is 9.59 Å². The maximum absolute atomic E-state index is 11.6. The van der Waals surface area contributed by atoms with Crippen LogP contribution in [0.5, 0.6) is 0 Å². The van der Waals surface area contributed by atoms with Crippen LogP contribution in [0.25, 0.3) is 0 Å². The molecule has 26 heavy (non-hydrogen) atoms. The molecular weight excluding hydrogens is 388 g/mol. The van der Waals surface area contributed by atoms with E-state index in [-0.39, 0.29) is 11.6 Å². The van der Waals surface area contributed by atoms with Crippen molar-refractivity contribution in [3.8, 4) is 0 Å². The van der Waals surface area contributed by atoms with E-state index in [1.165, 1.54) is 104 Å². The molecule has 0 unspecified atom stereocenters. The highest BCUT2D eigenvalue weighted by Gasteiger charge is 2.36. The lowest BCUT2D eigenvalue weighted by molar-refractivity contribution is -0.128. The number of carbonyl (C=O) groups excluding carboxylic acids is 2. The van der Waals surface area contributed by atoms with Crippen molar-refractivity contribution in [2.75, 3.05) is 0 Å². The average Bonchev–Trinajstić information content (AvgIpc) is 2.60. The van der Waals surface area contributed by atoms with E-state index in [0.29, 0.717) is 6.42 Å². The summed E-state index contributed by atoms with van der Waals surface area (Å²) in [6, 6.07) is 0. The van der Waals surface area contributed by atoms with Gasteiger partial charge in [-0.1, -0.05) is 126 Å². The molecule has 0 aliphatic rings. The molecular formula is C23H43BrO2. The van der Waals surface area contributed by atoms with Gasteiger partial charge in [0.25, 0.3) is 0 Å². The van der Waals surface area contributed by atoms with Gasteiger partial charge in [-0.25, -0.2) is 0 Å². The fourth-order valence-corrected chi connectivity index (χ4v) is 3.80. The van der Waals surface area contributed by atoms with Crippen molar-refractivity contribution in [3.63, 3.8) is 0 Å². The van der Waals surface area contributed by atoms with Gasteiger partial charge in [-0.3, -0.25) is 9.59 Å². The lowest BCUT2D eigenvalue weighted by Gasteiger charge is -2.21. The first-order valence-electron chi connectivity index (χ1n) is 11.2. The van der Waals surface area contributed by atoms with Gasteiger partial charge >= 0.3 is 0 Å². The molecule has 154 valence electrons. The minimum Gasteiger partial charge on any atom is -0.298 e. The van der Waals surface area contributed by atoms with E-state index in [4.69, 9.17) is 0 Å². The van der Waals surface area contributed by atoms with Crippen molar-refractivity contribution >= 4 is 27.5 Å². The summed E-state index contributed by atoms with van der Waals surface area (Å²) in [5.74, 6) is -0.128. The van der Waals surface area contributed by atoms with Crippen LogP contribution in [0.1, 0.15) is 130 Å². The first-order chi connectivity index (χ1) is 12.4. The Morgan fingerprint density at radius 3 is 1.12 bits per heavy atom. The summed E-state index contributed by atoms with van der Waals surface area (Å²) in [6.07, 6.45) is 22.0. The monoisotopic (exact) mass is 430 g/mol. The first kappa shape index (κ1) is 25.8. The van der Waals surface area contributed by atoms with E-state index in [2.05, 4.69) is 22.9 Å². The Morgan fingerprint density at radius 2 is 0.846 bits per heavy atom. The smallest absolute Gasteiger partial charge is 0.153 e. The molecule has 0 aromatic carbocycles. The number of hydrogen-bond acceptors (Lipinski definition) is 2. The summed E-state index contributed by atoms with van der Waals surface area (Å²) < 4.78 is -0.928. The van der Waals surface area contributed by atoms with E-state index < -0.39 is 4.32 Å². The van der Waals surface area contributed by atoms with Crippen molar-refractivity contribution < 1.29 is 9.59 Å². The van der Waals surface area contributed by atoms with Crippen LogP contribution in [-0.4, -0.2) is 15.9 Å². The van der Waals surface area contributed by atoms with Crippen LogP contribution in [0, 0.1) is 0 Å². The summed E-state index contributed by atoms with van der Waals surface area (Å²) in [4.78, 5) is 23.3. The number of rotatable bonds is 19. The van der Waals surface area contributed by atoms with E-state index >= 15 is 0 Å². The third-order valence-electron chi connectivity index (χ3n) is 5.49. The normalized spacial score (nSPS) is 11.7. The van der Waals surface area contributed by atoms with E-state index in [0.717, 1.165) is 12.8 Å². The van der Waals surface area contributed by atoms with Gasteiger partial charge in [0.05, 0.1) is 0 Å². The second-order valence-electron chi connectivity index (χ2n) is 7.97. The lowest BCUT2D eigenvalue weighted by atomic mass is 9.93. The predicted octanol–water partition coefficient (Wildman–Crippen LogP) is 7.95. The van der Waals surface area contributed by atoms with Crippen molar-refractivity contribution in [2.45, 2.75) is 134 Å². The van der Waals surface area contributed by atoms with Gasteiger partial charge in [-0.05, 0) is 20.3 Å². The van der Waals surface area contributed by atoms with Gasteiger partial charge < -0.3 is 0 Å². The molecule has 0 radical (unpaired) electrons. The van der Waals surface area contributed by atoms with Crippen LogP contribution < -0.4 is 0 Å². The standard InChI is InChI=1S/C23H43BrO2/c1-4-5-6-7-8-9-10-11-12-13-14-15-16-17-18-19-20-23(24,21(2)25)22(3)26/h4-20H2,1-3H3. The molecule has 0 aromatic rings. The van der Waals surface area contributed by atoms with E-state index in [1.54, 1.807) is 0 Å². The third-order valence-corrected chi connectivity index (χ3v) is 7.00. The van der Waals surface area contributed by atoms with Gasteiger partial charge in [-0.15, -0.1) is 0 Å². The highest BCUT2D eigenvalue weighted by atomic mass is 79.9. The van der Waals surface area contributed by atoms with E-state index in [1.807, 2.05) is 0 Å². The Hall–Kier alpha value is -0.180. The summed E-state index contributed by atoms with van der Waals surface area (Å²) >= 11 is 3.36. The maximum atomic E-state index is 11.6. The number of Topliss-reactive ketones (excluding diaryl/α,β-unsaturated/α-hetero) is 2. The summed E-state index contributed by atoms with van der Waals surface area (Å²) in [5, 5.41) is 0. The largest absolute Gasteiger partial charge is 0.298 e. The number of carbonyl (C=O) groups is 2. The summed E-state index contributed by atoms with van der Waals surface area (Å²) in [6.45, 7) is 5.28. The van der Waals surface area contributed by atoms with Gasteiger partial charge in [0.15, 0.2) is 11.6 Å². The third kappa shape index (κ3) is 13.1. The van der Waals surface area contributed by atoms with Gasteiger partial charge in [0.2, 0.25) is 0 Å². The molecule has 0 heterocycles. The fourth-order valence-electron chi connectivity index (χ4n) is 3.52. The van der Waals surface area contributed by atoms with Crippen molar-refractivity contribution in [2.24, 2.45) is 0 Å². The Balaban J connectivity index is 3.34. The lowest BCUT2D eigenvalue weighted by Crippen LogP contribution is -2.37. The second-order valence-corrected chi connectivity index (χ2v) is 9.32. The zero-order valence-corrected chi connectivity index (χ0v) is 19.3. The van der Waals surface area contributed by atoms with Gasteiger partial charge in [-0.2, -0.15) is 0 Å². The van der Waals surface area contributed by atoms with Crippen LogP contribution in [0.3, 0.4) is 0 Å². The first-order valence-corrected chi connectivity index (χ1v) is 12.0. The number of halogens is 1. The quantitative estimate of drug-likeness (QED) is 0.118. The zero-order chi connectivity index (χ0) is 19.7. The Morgan fingerprint density at radius 1 is 0.577 bits per heavy atom. The van der Waals surface area contributed by atoms with Crippen molar-refractivity contribution in [1.29, 1.82) is 0 Å². The summed E-state index contributed by atoms with van der Waals surface area (Å²) in [7, 11) is 0. The molecule has 0 aromatic heterocycles. The number of ketones is 2. The molecule has 2 nitrogen and oxygen atoms in total. The molecule has 0 saturated heterocycles. The highest BCUT2D eigenvalue weighted by Crippen LogP contribution is 2.28. The topological polar surface area (TPSA) is 34.1 Å². The Labute approximate surface area is 171 Å². The van der Waals surface area contributed by atoms with Crippen molar-refractivity contribution in [3.05, 3.63) is 0 Å². The maximum Gasteiger partial charge on any atom is 0.153 e. The zero-order valence-electron chi connectivity index (χ0n) is 17.7. The summed E-state index contributed by atoms with van der Waals surface area (Å²) in [5.41, 5.74) is 0. The molecule has 0 aliphatic heterocycles. The highest BCUT2D eigenvalue weighted by molar-refractivity contribution is 9.10. The van der Waals surface area contributed by atoms with E-state index in [9.17, 15) is 9.59 Å². The Bertz CT molecular complexity index is 351.